The first kappa shape index (κ1) is 15.8. The van der Waals surface area contributed by atoms with Crippen LogP contribution in [0.5, 0.6) is 5.75 Å². The minimum atomic E-state index is -1.16. The Bertz CT molecular complexity index is 653. The third-order valence-corrected chi connectivity index (χ3v) is 2.41. The maximum Gasteiger partial charge on any atom is 0.339 e. The maximum atomic E-state index is 10.3. The zero-order chi connectivity index (χ0) is 16.0. The lowest BCUT2D eigenvalue weighted by Gasteiger charge is -1.98. The van der Waals surface area contributed by atoms with Crippen molar-refractivity contribution in [1.29, 1.82) is 0 Å². The Labute approximate surface area is 120 Å². The first-order valence-corrected chi connectivity index (χ1v) is 5.72. The molecule has 7 heteroatoms. The van der Waals surface area contributed by atoms with Crippen molar-refractivity contribution in [3.63, 3.8) is 0 Å². The summed E-state index contributed by atoms with van der Waals surface area (Å²) in [6.07, 6.45) is 0. The zero-order valence-electron chi connectivity index (χ0n) is 10.9. The van der Waals surface area contributed by atoms with Crippen LogP contribution >= 0.6 is 0 Å². The summed E-state index contributed by atoms with van der Waals surface area (Å²) in [7, 11) is 0. The second-order valence-electron chi connectivity index (χ2n) is 4.01. The highest BCUT2D eigenvalue weighted by Gasteiger charge is 2.07. The average Bonchev–Trinajstić information content (AvgIpc) is 2.39. The standard InChI is InChI=1S/C7H7NO3.C7H7NO2/c8-4-1-2-5(7(10)11)6(9)3-4;8-6-3-1-5(2-4-6)7(9)10/h1-3,9H,8H2,(H,10,11);1-4H,8H2,(H,9,10). The van der Waals surface area contributed by atoms with Crippen LogP contribution in [0.3, 0.4) is 0 Å². The third kappa shape index (κ3) is 4.75. The Kier molecular flexibility index (Phi) is 5.13. The molecule has 2 rings (SSSR count). The molecule has 7 N–H and O–H groups in total. The molecule has 0 atom stereocenters. The van der Waals surface area contributed by atoms with Crippen molar-refractivity contribution >= 4 is 23.3 Å². The van der Waals surface area contributed by atoms with Gasteiger partial charge in [0.05, 0.1) is 5.56 Å². The molecular weight excluding hydrogens is 276 g/mol. The van der Waals surface area contributed by atoms with Gasteiger partial charge in [-0.3, -0.25) is 0 Å². The zero-order valence-corrected chi connectivity index (χ0v) is 10.9. The molecule has 110 valence electrons. The molecule has 0 aliphatic rings. The molecular formula is C14H14N2O5. The smallest absolute Gasteiger partial charge is 0.339 e. The molecule has 0 saturated carbocycles. The van der Waals surface area contributed by atoms with Gasteiger partial charge in [-0.25, -0.2) is 9.59 Å². The number of carboxylic acids is 2. The van der Waals surface area contributed by atoms with E-state index in [2.05, 4.69) is 0 Å². The molecule has 0 aliphatic carbocycles. The maximum absolute atomic E-state index is 10.3. The van der Waals surface area contributed by atoms with Gasteiger partial charge in [-0.15, -0.1) is 0 Å². The van der Waals surface area contributed by atoms with Crippen molar-refractivity contribution in [3.05, 3.63) is 53.6 Å². The van der Waals surface area contributed by atoms with E-state index in [0.29, 0.717) is 11.4 Å². The fourth-order valence-corrected chi connectivity index (χ4v) is 1.36. The normalized spacial score (nSPS) is 9.33. The van der Waals surface area contributed by atoms with Crippen LogP contribution in [0.4, 0.5) is 11.4 Å². The third-order valence-electron chi connectivity index (χ3n) is 2.41. The largest absolute Gasteiger partial charge is 0.507 e. The van der Waals surface area contributed by atoms with Crippen molar-refractivity contribution in [2.24, 2.45) is 0 Å². The van der Waals surface area contributed by atoms with E-state index in [1.807, 2.05) is 0 Å². The molecule has 0 aromatic heterocycles. The molecule has 0 spiro atoms. The Morgan fingerprint density at radius 2 is 1.33 bits per heavy atom. The van der Waals surface area contributed by atoms with Crippen molar-refractivity contribution in [3.8, 4) is 5.75 Å². The van der Waals surface area contributed by atoms with Crippen LogP contribution in [0, 0.1) is 0 Å². The van der Waals surface area contributed by atoms with Crippen LogP contribution in [0.25, 0.3) is 0 Å². The van der Waals surface area contributed by atoms with Gasteiger partial charge in [0, 0.05) is 17.4 Å². The van der Waals surface area contributed by atoms with Gasteiger partial charge in [0.25, 0.3) is 0 Å². The highest BCUT2D eigenvalue weighted by atomic mass is 16.4. The number of hydrogen-bond donors (Lipinski definition) is 5. The van der Waals surface area contributed by atoms with Gasteiger partial charge in [0.15, 0.2) is 0 Å². The number of aromatic hydroxyl groups is 1. The summed E-state index contributed by atoms with van der Waals surface area (Å²) in [6.45, 7) is 0. The monoisotopic (exact) mass is 290 g/mol. The SMILES string of the molecule is Nc1ccc(C(=O)O)c(O)c1.Nc1ccc(C(=O)O)cc1. The van der Waals surface area contributed by atoms with E-state index in [1.165, 1.54) is 30.3 Å². The lowest BCUT2D eigenvalue weighted by atomic mass is 10.2. The Balaban J connectivity index is 0.000000211. The fraction of sp³-hybridized carbons (Fsp3) is 0. The first-order valence-electron chi connectivity index (χ1n) is 5.72. The van der Waals surface area contributed by atoms with Crippen molar-refractivity contribution in [1.82, 2.24) is 0 Å². The van der Waals surface area contributed by atoms with Gasteiger partial charge in [-0.05, 0) is 36.4 Å². The summed E-state index contributed by atoms with van der Waals surface area (Å²) in [5.41, 5.74) is 11.6. The summed E-state index contributed by atoms with van der Waals surface area (Å²) < 4.78 is 0. The Morgan fingerprint density at radius 3 is 1.76 bits per heavy atom. The number of carbonyl (C=O) groups is 2. The van der Waals surface area contributed by atoms with Crippen molar-refractivity contribution < 1.29 is 24.9 Å². The second-order valence-corrected chi connectivity index (χ2v) is 4.01. The van der Waals surface area contributed by atoms with E-state index < -0.39 is 11.9 Å². The van der Waals surface area contributed by atoms with Crippen LogP contribution in [-0.4, -0.2) is 27.3 Å². The molecule has 2 aromatic carbocycles. The van der Waals surface area contributed by atoms with Gasteiger partial charge in [-0.1, -0.05) is 0 Å². The summed E-state index contributed by atoms with van der Waals surface area (Å²) in [4.78, 5) is 20.6. The Hall–Kier alpha value is -3.22. The van der Waals surface area contributed by atoms with E-state index in [9.17, 15) is 9.59 Å². The highest BCUT2D eigenvalue weighted by Crippen LogP contribution is 2.19. The molecule has 0 radical (unpaired) electrons. The predicted molar refractivity (Wildman–Crippen MR) is 77.3 cm³/mol. The van der Waals surface area contributed by atoms with Crippen LogP contribution in [-0.2, 0) is 0 Å². The average molecular weight is 290 g/mol. The van der Waals surface area contributed by atoms with Gasteiger partial charge >= 0.3 is 11.9 Å². The molecule has 0 amide bonds. The first-order chi connectivity index (χ1) is 9.81. The summed E-state index contributed by atoms with van der Waals surface area (Å²) in [5, 5.41) is 25.9. The molecule has 0 bridgehead atoms. The van der Waals surface area contributed by atoms with Crippen molar-refractivity contribution in [2.75, 3.05) is 11.5 Å². The number of hydrogen-bond acceptors (Lipinski definition) is 5. The number of anilines is 2. The predicted octanol–water partition coefficient (Wildman–Crippen LogP) is 1.64. The molecule has 21 heavy (non-hydrogen) atoms. The number of phenols is 1. The van der Waals surface area contributed by atoms with E-state index >= 15 is 0 Å². The molecule has 7 nitrogen and oxygen atoms in total. The number of carboxylic acid groups (broad SMARTS) is 2. The van der Waals surface area contributed by atoms with Gasteiger partial charge in [0.1, 0.15) is 11.3 Å². The molecule has 0 fully saturated rings. The van der Waals surface area contributed by atoms with Crippen molar-refractivity contribution in [2.45, 2.75) is 0 Å². The van der Waals surface area contributed by atoms with Crippen LogP contribution in [0.1, 0.15) is 20.7 Å². The number of aromatic carboxylic acids is 2. The van der Waals surface area contributed by atoms with Gasteiger partial charge < -0.3 is 26.8 Å². The Morgan fingerprint density at radius 1 is 0.810 bits per heavy atom. The number of nitrogens with two attached hydrogens (primary N) is 2. The lowest BCUT2D eigenvalue weighted by Crippen LogP contribution is -1.97. The van der Waals surface area contributed by atoms with Crippen LogP contribution in [0.15, 0.2) is 42.5 Å². The molecule has 0 unspecified atom stereocenters. The minimum absolute atomic E-state index is 0.140. The number of nitrogen functional groups attached to an aromatic ring is 2. The summed E-state index contributed by atoms with van der Waals surface area (Å²) in [5.74, 6) is -2.40. The molecule has 0 aliphatic heterocycles. The lowest BCUT2D eigenvalue weighted by molar-refractivity contribution is 0.0684. The minimum Gasteiger partial charge on any atom is -0.507 e. The number of benzene rings is 2. The quantitative estimate of drug-likeness (QED) is 0.528. The van der Waals surface area contributed by atoms with E-state index in [4.69, 9.17) is 26.8 Å². The highest BCUT2D eigenvalue weighted by molar-refractivity contribution is 5.91. The van der Waals surface area contributed by atoms with E-state index in [1.54, 1.807) is 12.1 Å². The second kappa shape index (κ2) is 6.80. The molecule has 2 aromatic rings. The fourth-order valence-electron chi connectivity index (χ4n) is 1.36. The van der Waals surface area contributed by atoms with E-state index in [0.717, 1.165) is 0 Å². The van der Waals surface area contributed by atoms with Gasteiger partial charge in [-0.2, -0.15) is 0 Å². The summed E-state index contributed by atoms with van der Waals surface area (Å²) in [6, 6.07) is 9.93. The summed E-state index contributed by atoms with van der Waals surface area (Å²) >= 11 is 0. The topological polar surface area (TPSA) is 147 Å². The number of rotatable bonds is 2. The van der Waals surface area contributed by atoms with Crippen LogP contribution in [0.2, 0.25) is 0 Å². The van der Waals surface area contributed by atoms with Crippen LogP contribution < -0.4 is 11.5 Å². The van der Waals surface area contributed by atoms with E-state index in [-0.39, 0.29) is 16.9 Å². The molecule has 0 saturated heterocycles. The van der Waals surface area contributed by atoms with Gasteiger partial charge in [0.2, 0.25) is 0 Å². The molecule has 0 heterocycles.